The van der Waals surface area contributed by atoms with E-state index in [-0.39, 0.29) is 11.5 Å². The Morgan fingerprint density at radius 2 is 2.18 bits per heavy atom. The van der Waals surface area contributed by atoms with Crippen molar-refractivity contribution in [3.63, 3.8) is 0 Å². The third kappa shape index (κ3) is 5.41. The number of anilines is 3. The first-order valence-corrected chi connectivity index (χ1v) is 10.9. The molecule has 1 aliphatic rings. The largest absolute Gasteiger partial charge is 0.493 e. The Labute approximate surface area is 192 Å². The highest BCUT2D eigenvalue weighted by Gasteiger charge is 2.19. The van der Waals surface area contributed by atoms with Gasteiger partial charge in [0.05, 0.1) is 42.7 Å². The molecule has 10 heteroatoms. The second-order valence-electron chi connectivity index (χ2n) is 7.77. The second-order valence-corrected chi connectivity index (χ2v) is 7.77. The highest BCUT2D eigenvalue weighted by atomic mass is 16.5. The van der Waals surface area contributed by atoms with Gasteiger partial charge in [0.1, 0.15) is 23.0 Å². The van der Waals surface area contributed by atoms with Gasteiger partial charge in [-0.3, -0.25) is 4.98 Å². The van der Waals surface area contributed by atoms with Crippen LogP contribution in [0.5, 0.6) is 11.5 Å². The summed E-state index contributed by atoms with van der Waals surface area (Å²) in [4.78, 5) is 15.1. The normalized spacial score (nSPS) is 16.0. The molecular weight excluding hydrogens is 422 g/mol. The van der Waals surface area contributed by atoms with Crippen molar-refractivity contribution < 1.29 is 14.6 Å². The minimum absolute atomic E-state index is 0.133. The highest BCUT2D eigenvalue weighted by Crippen LogP contribution is 2.32. The molecule has 10 nitrogen and oxygen atoms in total. The van der Waals surface area contributed by atoms with Gasteiger partial charge >= 0.3 is 0 Å². The molecule has 0 amide bonds. The summed E-state index contributed by atoms with van der Waals surface area (Å²) in [7, 11) is 1.98. The van der Waals surface area contributed by atoms with Crippen LogP contribution in [0.4, 0.5) is 17.2 Å². The van der Waals surface area contributed by atoms with E-state index < -0.39 is 6.23 Å². The van der Waals surface area contributed by atoms with Crippen LogP contribution in [0.15, 0.2) is 42.9 Å². The maximum Gasteiger partial charge on any atom is 0.171 e. The van der Waals surface area contributed by atoms with Gasteiger partial charge in [0.25, 0.3) is 0 Å². The molecule has 0 saturated carbocycles. The van der Waals surface area contributed by atoms with Crippen LogP contribution in [-0.2, 0) is 0 Å². The number of nitrogens with one attached hydrogen (secondary N) is 1. The predicted molar refractivity (Wildman–Crippen MR) is 127 cm³/mol. The molecule has 4 rings (SSSR count). The second kappa shape index (κ2) is 10.3. The lowest BCUT2D eigenvalue weighted by Crippen LogP contribution is -2.23. The van der Waals surface area contributed by atoms with Gasteiger partial charge in [0.15, 0.2) is 6.23 Å². The Bertz CT molecular complexity index is 1100. The fourth-order valence-electron chi connectivity index (χ4n) is 3.57. The number of pyridine rings is 1. The third-order valence-electron chi connectivity index (χ3n) is 5.29. The van der Waals surface area contributed by atoms with Gasteiger partial charge in [-0.05, 0) is 37.6 Å². The molecule has 1 unspecified atom stereocenters. The van der Waals surface area contributed by atoms with Gasteiger partial charge in [0.2, 0.25) is 0 Å². The number of nitrogens with zero attached hydrogens (tertiary/aromatic N) is 4. The van der Waals surface area contributed by atoms with E-state index in [2.05, 4.69) is 25.2 Å². The molecule has 0 aliphatic carbocycles. The van der Waals surface area contributed by atoms with Crippen LogP contribution in [0.3, 0.4) is 0 Å². The van der Waals surface area contributed by atoms with Gasteiger partial charge in [-0.25, -0.2) is 9.97 Å². The van der Waals surface area contributed by atoms with Crippen molar-refractivity contribution in [2.75, 3.05) is 49.3 Å². The minimum atomic E-state index is -1.18. The average molecular weight is 452 g/mol. The molecule has 0 fully saturated rings. The number of rotatable bonds is 4. The van der Waals surface area contributed by atoms with Crippen molar-refractivity contribution in [1.82, 2.24) is 15.0 Å². The van der Waals surface area contributed by atoms with E-state index in [1.54, 1.807) is 18.6 Å². The summed E-state index contributed by atoms with van der Waals surface area (Å²) in [5.41, 5.74) is 14.7. The first-order valence-electron chi connectivity index (χ1n) is 10.9. The molecule has 6 N–H and O–H groups in total. The van der Waals surface area contributed by atoms with Gasteiger partial charge in [0, 0.05) is 31.4 Å². The summed E-state index contributed by atoms with van der Waals surface area (Å²) >= 11 is 0. The van der Waals surface area contributed by atoms with Gasteiger partial charge in [-0.2, -0.15) is 0 Å². The molecule has 4 bridgehead atoms. The van der Waals surface area contributed by atoms with Crippen LogP contribution < -0.4 is 31.2 Å². The van der Waals surface area contributed by atoms with Crippen LogP contribution in [0.2, 0.25) is 0 Å². The predicted octanol–water partition coefficient (Wildman–Crippen LogP) is 2.17. The Balaban J connectivity index is 1.74. The van der Waals surface area contributed by atoms with Crippen LogP contribution in [0.25, 0.3) is 11.3 Å². The zero-order valence-corrected chi connectivity index (χ0v) is 18.6. The molecule has 0 spiro atoms. The first-order chi connectivity index (χ1) is 16.0. The lowest BCUT2D eigenvalue weighted by Gasteiger charge is -2.24. The Hall–Kier alpha value is -3.63. The molecule has 3 heterocycles. The topological polar surface area (TPSA) is 145 Å². The number of nitrogen functional groups attached to an aromatic ring is 1. The first kappa shape index (κ1) is 22.6. The van der Waals surface area contributed by atoms with Gasteiger partial charge in [-0.1, -0.05) is 0 Å². The summed E-state index contributed by atoms with van der Waals surface area (Å²) in [6.07, 6.45) is 5.28. The number of aliphatic hydroxyl groups is 1. The molecule has 1 aromatic carbocycles. The van der Waals surface area contributed by atoms with Crippen molar-refractivity contribution >= 4 is 17.2 Å². The van der Waals surface area contributed by atoms with Crippen LogP contribution in [0, 0.1) is 0 Å². The van der Waals surface area contributed by atoms with Crippen LogP contribution in [0.1, 0.15) is 24.8 Å². The molecule has 3 aromatic rings. The lowest BCUT2D eigenvalue weighted by molar-refractivity contribution is 0.204. The fraction of sp³-hybridized carbons (Fsp3) is 0.348. The minimum Gasteiger partial charge on any atom is -0.493 e. The average Bonchev–Trinajstić information content (AvgIpc) is 2.82. The van der Waals surface area contributed by atoms with E-state index in [0.29, 0.717) is 42.6 Å². The van der Waals surface area contributed by atoms with Crippen molar-refractivity contribution in [3.8, 4) is 22.8 Å². The summed E-state index contributed by atoms with van der Waals surface area (Å²) < 4.78 is 11.9. The SMILES string of the molecule is CN1CCCOc2cc(OCCCN)cc(c2)-c2cnc(N)c(n2)C(O)Nc2cnccc21. The zero-order valence-electron chi connectivity index (χ0n) is 18.6. The summed E-state index contributed by atoms with van der Waals surface area (Å²) in [5.74, 6) is 1.44. The molecule has 0 radical (unpaired) electrons. The monoisotopic (exact) mass is 451 g/mol. The molecule has 1 aliphatic heterocycles. The number of hydrogen-bond donors (Lipinski definition) is 4. The van der Waals surface area contributed by atoms with E-state index in [0.717, 1.165) is 30.6 Å². The number of hydrogen-bond acceptors (Lipinski definition) is 10. The number of fused-ring (bicyclic) bond motifs is 6. The molecule has 174 valence electrons. The van der Waals surface area contributed by atoms with E-state index >= 15 is 0 Å². The number of ether oxygens (including phenoxy) is 2. The van der Waals surface area contributed by atoms with E-state index in [1.807, 2.05) is 31.3 Å². The number of benzene rings is 1. The Morgan fingerprint density at radius 1 is 1.30 bits per heavy atom. The van der Waals surface area contributed by atoms with Crippen LogP contribution >= 0.6 is 0 Å². The fourth-order valence-corrected chi connectivity index (χ4v) is 3.57. The summed E-state index contributed by atoms with van der Waals surface area (Å²) in [6, 6.07) is 7.47. The highest BCUT2D eigenvalue weighted by molar-refractivity contribution is 5.69. The van der Waals surface area contributed by atoms with Crippen molar-refractivity contribution in [2.45, 2.75) is 19.1 Å². The summed E-state index contributed by atoms with van der Waals surface area (Å²) in [5, 5.41) is 14.0. The molecule has 2 aromatic heterocycles. The molecule has 33 heavy (non-hydrogen) atoms. The zero-order chi connectivity index (χ0) is 23.2. The van der Waals surface area contributed by atoms with Crippen molar-refractivity contribution in [2.24, 2.45) is 5.73 Å². The number of aromatic nitrogens is 3. The smallest absolute Gasteiger partial charge is 0.171 e. The van der Waals surface area contributed by atoms with Crippen molar-refractivity contribution in [1.29, 1.82) is 0 Å². The van der Waals surface area contributed by atoms with E-state index in [4.69, 9.17) is 20.9 Å². The number of aliphatic hydroxyl groups excluding tert-OH is 1. The lowest BCUT2D eigenvalue weighted by atomic mass is 10.1. The molecule has 0 saturated heterocycles. The Kier molecular flexibility index (Phi) is 7.06. The van der Waals surface area contributed by atoms with E-state index in [9.17, 15) is 5.11 Å². The third-order valence-corrected chi connectivity index (χ3v) is 5.29. The van der Waals surface area contributed by atoms with Gasteiger partial charge in [-0.15, -0.1) is 0 Å². The maximum atomic E-state index is 10.9. The number of nitrogens with two attached hydrogens (primary N) is 2. The van der Waals surface area contributed by atoms with E-state index in [1.165, 1.54) is 0 Å². The van der Waals surface area contributed by atoms with Crippen molar-refractivity contribution in [3.05, 3.63) is 48.5 Å². The maximum absolute atomic E-state index is 10.9. The Morgan fingerprint density at radius 3 is 3.03 bits per heavy atom. The van der Waals surface area contributed by atoms with Gasteiger partial charge < -0.3 is 36.3 Å². The summed E-state index contributed by atoms with van der Waals surface area (Å²) in [6.45, 7) is 2.30. The molecule has 1 atom stereocenters. The standard InChI is InChI=1S/C23H29N7O3/c1-30-7-3-9-33-17-11-15(10-16(12-17)32-8-2-5-24)18-14-27-22(25)21(28-18)23(31)29-19-13-26-6-4-20(19)30/h4,6,10-14,23,29,31H,2-3,5,7-9,24H2,1H3,(H2,25,27). The van der Waals surface area contributed by atoms with Crippen LogP contribution in [-0.4, -0.2) is 53.4 Å². The molecular formula is C23H29N7O3. The quantitative estimate of drug-likeness (QED) is 0.435.